The molecule has 0 aliphatic rings. The lowest BCUT2D eigenvalue weighted by atomic mass is 10.2. The molecule has 0 aliphatic carbocycles. The highest BCUT2D eigenvalue weighted by molar-refractivity contribution is 7.99. The number of ether oxygens (including phenoxy) is 2. The van der Waals surface area contributed by atoms with Crippen LogP contribution in [0.25, 0.3) is 21.5 Å². The predicted octanol–water partition coefficient (Wildman–Crippen LogP) is 5.13. The van der Waals surface area contributed by atoms with Crippen molar-refractivity contribution in [3.63, 3.8) is 0 Å². The fourth-order valence-electron chi connectivity index (χ4n) is 2.91. The van der Waals surface area contributed by atoms with E-state index in [-0.39, 0.29) is 10.8 Å². The van der Waals surface area contributed by atoms with Crippen LogP contribution in [-0.2, 0) is 0 Å². The molecule has 0 aliphatic heterocycles. The number of H-pyrrole nitrogens is 1. The SMILES string of the molecule is COc1ccc(OCCSC(C)c2nc3scc(-c4ccco4)c3c(=O)[nH]2)cc1. The Morgan fingerprint density at radius 2 is 2.03 bits per heavy atom. The number of aromatic nitrogens is 2. The number of benzene rings is 1. The zero-order valence-electron chi connectivity index (χ0n) is 16.0. The van der Waals surface area contributed by atoms with Gasteiger partial charge in [-0.05, 0) is 43.3 Å². The summed E-state index contributed by atoms with van der Waals surface area (Å²) in [5, 5.41) is 2.53. The highest BCUT2D eigenvalue weighted by Gasteiger charge is 2.17. The fraction of sp³-hybridized carbons (Fsp3) is 0.238. The van der Waals surface area contributed by atoms with Crippen molar-refractivity contribution in [2.75, 3.05) is 19.5 Å². The Hall–Kier alpha value is -2.71. The maximum Gasteiger partial charge on any atom is 0.260 e. The number of nitrogens with one attached hydrogen (secondary N) is 1. The van der Waals surface area contributed by atoms with Gasteiger partial charge in [0, 0.05) is 16.7 Å². The van der Waals surface area contributed by atoms with Gasteiger partial charge in [0.2, 0.25) is 0 Å². The smallest absolute Gasteiger partial charge is 0.260 e. The van der Waals surface area contributed by atoms with Crippen LogP contribution in [0.1, 0.15) is 18.0 Å². The Morgan fingerprint density at radius 1 is 1.24 bits per heavy atom. The first kappa shape index (κ1) is 19.6. The molecule has 1 unspecified atom stereocenters. The number of thioether (sulfide) groups is 1. The Labute approximate surface area is 175 Å². The van der Waals surface area contributed by atoms with E-state index in [1.165, 1.54) is 11.3 Å². The third-order valence-corrected chi connectivity index (χ3v) is 6.41. The van der Waals surface area contributed by atoms with Crippen molar-refractivity contribution in [3.05, 3.63) is 64.2 Å². The van der Waals surface area contributed by atoms with E-state index in [9.17, 15) is 4.79 Å². The molecule has 0 radical (unpaired) electrons. The quantitative estimate of drug-likeness (QED) is 0.392. The number of fused-ring (bicyclic) bond motifs is 1. The van der Waals surface area contributed by atoms with Gasteiger partial charge in [0.1, 0.15) is 27.9 Å². The van der Waals surface area contributed by atoms with Crippen molar-refractivity contribution in [2.24, 2.45) is 0 Å². The van der Waals surface area contributed by atoms with E-state index in [4.69, 9.17) is 13.9 Å². The molecule has 0 fully saturated rings. The number of nitrogens with zero attached hydrogens (tertiary/aromatic N) is 1. The van der Waals surface area contributed by atoms with E-state index in [1.54, 1.807) is 25.1 Å². The lowest BCUT2D eigenvalue weighted by molar-refractivity contribution is 0.342. The largest absolute Gasteiger partial charge is 0.497 e. The molecule has 0 amide bonds. The van der Waals surface area contributed by atoms with Gasteiger partial charge in [-0.3, -0.25) is 4.79 Å². The number of hydrogen-bond acceptors (Lipinski definition) is 7. The minimum atomic E-state index is -0.139. The Morgan fingerprint density at radius 3 is 2.76 bits per heavy atom. The van der Waals surface area contributed by atoms with E-state index < -0.39 is 0 Å². The summed E-state index contributed by atoms with van der Waals surface area (Å²) in [6, 6.07) is 11.2. The third-order valence-electron chi connectivity index (χ3n) is 4.41. The number of methoxy groups -OCH3 is 1. The molecule has 1 N–H and O–H groups in total. The maximum atomic E-state index is 12.7. The average Bonchev–Trinajstić information content (AvgIpc) is 3.41. The van der Waals surface area contributed by atoms with Crippen molar-refractivity contribution in [3.8, 4) is 22.8 Å². The molecular weight excluding hydrogens is 408 g/mol. The molecule has 8 heteroatoms. The van der Waals surface area contributed by atoms with E-state index in [1.807, 2.05) is 48.7 Å². The summed E-state index contributed by atoms with van der Waals surface area (Å²) in [7, 11) is 1.64. The van der Waals surface area contributed by atoms with Gasteiger partial charge in [-0.15, -0.1) is 23.1 Å². The molecular formula is C21H20N2O4S2. The molecule has 0 saturated carbocycles. The molecule has 0 saturated heterocycles. The summed E-state index contributed by atoms with van der Waals surface area (Å²) in [6.45, 7) is 2.60. The molecule has 0 spiro atoms. The highest BCUT2D eigenvalue weighted by Crippen LogP contribution is 2.32. The molecule has 4 aromatic rings. The summed E-state index contributed by atoms with van der Waals surface area (Å²) < 4.78 is 16.3. The second-order valence-electron chi connectivity index (χ2n) is 6.30. The second kappa shape index (κ2) is 8.75. The first-order valence-electron chi connectivity index (χ1n) is 9.09. The van der Waals surface area contributed by atoms with Gasteiger partial charge >= 0.3 is 0 Å². The standard InChI is InChI=1S/C21H20N2O4S2/c1-13(28-11-10-26-15-7-5-14(25-2)6-8-15)19-22-20(24)18-16(12-29-21(18)23-19)17-4-3-9-27-17/h3-9,12-13H,10-11H2,1-2H3,(H,22,23,24). The predicted molar refractivity (Wildman–Crippen MR) is 117 cm³/mol. The van der Waals surface area contributed by atoms with Crippen molar-refractivity contribution in [2.45, 2.75) is 12.2 Å². The minimum Gasteiger partial charge on any atom is -0.497 e. The third kappa shape index (κ3) is 4.33. The van der Waals surface area contributed by atoms with Gasteiger partial charge in [-0.1, -0.05) is 0 Å². The maximum absolute atomic E-state index is 12.7. The van der Waals surface area contributed by atoms with Crippen LogP contribution in [0.5, 0.6) is 11.5 Å². The molecule has 0 bridgehead atoms. The van der Waals surface area contributed by atoms with Gasteiger partial charge in [-0.25, -0.2) is 4.98 Å². The zero-order chi connectivity index (χ0) is 20.2. The minimum absolute atomic E-state index is 0.0423. The normalized spacial score (nSPS) is 12.2. The number of thiophene rings is 1. The Bertz CT molecular complexity index is 1130. The fourth-order valence-corrected chi connectivity index (χ4v) is 4.64. The summed E-state index contributed by atoms with van der Waals surface area (Å²) in [4.78, 5) is 21.0. The Kier molecular flexibility index (Phi) is 5.92. The number of rotatable bonds is 8. The monoisotopic (exact) mass is 428 g/mol. The molecule has 4 rings (SSSR count). The van der Waals surface area contributed by atoms with Crippen molar-refractivity contribution in [1.82, 2.24) is 9.97 Å². The van der Waals surface area contributed by atoms with Gasteiger partial charge in [0.25, 0.3) is 5.56 Å². The van der Waals surface area contributed by atoms with Gasteiger partial charge in [0.15, 0.2) is 0 Å². The number of furan rings is 1. The molecule has 29 heavy (non-hydrogen) atoms. The van der Waals surface area contributed by atoms with Gasteiger partial charge < -0.3 is 18.9 Å². The van der Waals surface area contributed by atoms with Crippen LogP contribution in [0.3, 0.4) is 0 Å². The Balaban J connectivity index is 1.39. The summed E-state index contributed by atoms with van der Waals surface area (Å²) in [6.07, 6.45) is 1.60. The van der Waals surface area contributed by atoms with Crippen LogP contribution >= 0.6 is 23.1 Å². The van der Waals surface area contributed by atoms with Crippen LogP contribution in [0.2, 0.25) is 0 Å². The summed E-state index contributed by atoms with van der Waals surface area (Å²) in [5.74, 6) is 3.72. The highest BCUT2D eigenvalue weighted by atomic mass is 32.2. The lowest BCUT2D eigenvalue weighted by Gasteiger charge is -2.11. The van der Waals surface area contributed by atoms with E-state index >= 15 is 0 Å². The van der Waals surface area contributed by atoms with Gasteiger partial charge in [-0.2, -0.15) is 0 Å². The van der Waals surface area contributed by atoms with Crippen molar-refractivity contribution < 1.29 is 13.9 Å². The van der Waals surface area contributed by atoms with Crippen LogP contribution in [0.4, 0.5) is 0 Å². The zero-order valence-corrected chi connectivity index (χ0v) is 17.6. The van der Waals surface area contributed by atoms with Crippen LogP contribution < -0.4 is 15.0 Å². The molecule has 3 aromatic heterocycles. The van der Waals surface area contributed by atoms with Crippen molar-refractivity contribution >= 4 is 33.3 Å². The molecule has 150 valence electrons. The summed E-state index contributed by atoms with van der Waals surface area (Å²) in [5.41, 5.74) is 0.642. The van der Waals surface area contributed by atoms with E-state index in [0.29, 0.717) is 23.6 Å². The first-order valence-corrected chi connectivity index (χ1v) is 11.0. The molecule has 6 nitrogen and oxygen atoms in total. The average molecular weight is 429 g/mol. The lowest BCUT2D eigenvalue weighted by Crippen LogP contribution is -2.13. The van der Waals surface area contributed by atoms with Crippen molar-refractivity contribution in [1.29, 1.82) is 0 Å². The molecule has 1 atom stereocenters. The first-order chi connectivity index (χ1) is 14.2. The van der Waals surface area contributed by atoms with E-state index in [0.717, 1.165) is 27.6 Å². The van der Waals surface area contributed by atoms with E-state index in [2.05, 4.69) is 9.97 Å². The van der Waals surface area contributed by atoms with Crippen LogP contribution in [0, 0.1) is 0 Å². The topological polar surface area (TPSA) is 77.3 Å². The molecule has 3 heterocycles. The van der Waals surface area contributed by atoms with Gasteiger partial charge in [0.05, 0.1) is 30.6 Å². The molecule has 1 aromatic carbocycles. The second-order valence-corrected chi connectivity index (χ2v) is 8.60. The summed E-state index contributed by atoms with van der Waals surface area (Å²) >= 11 is 3.13. The van der Waals surface area contributed by atoms with Crippen LogP contribution in [0.15, 0.2) is 57.3 Å². The number of aromatic amines is 1. The number of hydrogen-bond donors (Lipinski definition) is 1. The van der Waals surface area contributed by atoms with Crippen LogP contribution in [-0.4, -0.2) is 29.4 Å².